The maximum Gasteiger partial charge on any atom is 0.321 e. The van der Waals surface area contributed by atoms with Gasteiger partial charge in [0.15, 0.2) is 0 Å². The lowest BCUT2D eigenvalue weighted by molar-refractivity contribution is -0.145. The number of hydrogen-bond acceptors (Lipinski definition) is 4. The van der Waals surface area contributed by atoms with Gasteiger partial charge in [-0.05, 0) is 68.2 Å². The Morgan fingerprint density at radius 1 is 1.06 bits per heavy atom. The fraction of sp³-hybridized carbons (Fsp3) is 0.667. The highest BCUT2D eigenvalue weighted by atomic mass is 16.5. The first kappa shape index (κ1) is 20.6. The molecule has 3 amide bonds. The summed E-state index contributed by atoms with van der Waals surface area (Å²) in [5, 5.41) is 3.01. The SMILES string of the molecule is COc1ccc(NC(=O)N2CCC(N3C[C@H]4C[C@H](C3)[C@H]3CCCC(=O)N3C4)CC2)cc1. The van der Waals surface area contributed by atoms with Gasteiger partial charge in [-0.2, -0.15) is 0 Å². The lowest BCUT2D eigenvalue weighted by Crippen LogP contribution is -2.62. The number of piperidine rings is 4. The minimum Gasteiger partial charge on any atom is -0.497 e. The number of urea groups is 1. The molecule has 2 bridgehead atoms. The molecule has 1 aromatic carbocycles. The number of rotatable bonds is 3. The van der Waals surface area contributed by atoms with E-state index in [0.717, 1.165) is 69.8 Å². The molecule has 3 atom stereocenters. The van der Waals surface area contributed by atoms with E-state index in [0.29, 0.717) is 29.8 Å². The standard InChI is InChI=1S/C24H34N4O3/c1-31-21-7-5-19(6-8-21)25-24(30)26-11-9-20(10-12-26)27-14-17-13-18(16-27)22-3-2-4-23(29)28(22)15-17/h5-8,17-18,20,22H,2-4,9-16H2,1H3,(H,25,30)/t17-,18-,22-/m1/s1. The third-order valence-corrected chi connectivity index (χ3v) is 7.82. The number of amides is 3. The Hall–Kier alpha value is -2.28. The van der Waals surface area contributed by atoms with Crippen molar-refractivity contribution in [1.29, 1.82) is 0 Å². The Morgan fingerprint density at radius 3 is 2.58 bits per heavy atom. The van der Waals surface area contributed by atoms with Gasteiger partial charge in [-0.1, -0.05) is 0 Å². The highest BCUT2D eigenvalue weighted by molar-refractivity contribution is 5.89. The summed E-state index contributed by atoms with van der Waals surface area (Å²) in [5.74, 6) is 2.42. The van der Waals surface area contributed by atoms with Crippen LogP contribution in [0.5, 0.6) is 5.75 Å². The Balaban J connectivity index is 1.14. The zero-order valence-corrected chi connectivity index (χ0v) is 18.5. The first-order valence-electron chi connectivity index (χ1n) is 11.8. The van der Waals surface area contributed by atoms with E-state index in [1.165, 1.54) is 12.8 Å². The number of benzene rings is 1. The van der Waals surface area contributed by atoms with Crippen molar-refractivity contribution in [3.63, 3.8) is 0 Å². The second-order valence-corrected chi connectivity index (χ2v) is 9.70. The molecule has 0 saturated carbocycles. The third-order valence-electron chi connectivity index (χ3n) is 7.82. The average Bonchev–Trinajstić information content (AvgIpc) is 2.80. The van der Waals surface area contributed by atoms with Crippen molar-refractivity contribution in [3.05, 3.63) is 24.3 Å². The molecule has 1 N–H and O–H groups in total. The number of ether oxygens (including phenoxy) is 1. The number of nitrogens with zero attached hydrogens (tertiary/aromatic N) is 3. The largest absolute Gasteiger partial charge is 0.497 e. The Kier molecular flexibility index (Phi) is 5.78. The van der Waals surface area contributed by atoms with E-state index in [9.17, 15) is 9.59 Å². The van der Waals surface area contributed by atoms with Crippen molar-refractivity contribution in [1.82, 2.24) is 14.7 Å². The Bertz CT molecular complexity index is 806. The van der Waals surface area contributed by atoms with Crippen molar-refractivity contribution >= 4 is 17.6 Å². The highest BCUT2D eigenvalue weighted by Gasteiger charge is 2.45. The van der Waals surface area contributed by atoms with Crippen molar-refractivity contribution in [2.75, 3.05) is 45.2 Å². The van der Waals surface area contributed by atoms with Gasteiger partial charge in [-0.15, -0.1) is 0 Å². The van der Waals surface area contributed by atoms with Crippen LogP contribution < -0.4 is 10.1 Å². The van der Waals surface area contributed by atoms with Gasteiger partial charge < -0.3 is 19.9 Å². The van der Waals surface area contributed by atoms with Gasteiger partial charge in [0, 0.05) is 56.9 Å². The number of fused-ring (bicyclic) bond motifs is 4. The van der Waals surface area contributed by atoms with Crippen molar-refractivity contribution in [3.8, 4) is 5.75 Å². The van der Waals surface area contributed by atoms with Gasteiger partial charge in [0.2, 0.25) is 5.91 Å². The van der Waals surface area contributed by atoms with Crippen molar-refractivity contribution in [2.24, 2.45) is 11.8 Å². The maximum atomic E-state index is 12.7. The molecule has 4 aliphatic heterocycles. The fourth-order valence-corrected chi connectivity index (χ4v) is 6.26. The van der Waals surface area contributed by atoms with E-state index < -0.39 is 0 Å². The molecule has 1 aromatic rings. The van der Waals surface area contributed by atoms with Crippen LogP contribution in [0.25, 0.3) is 0 Å². The van der Waals surface area contributed by atoms with Gasteiger partial charge in [-0.25, -0.2) is 4.79 Å². The topological polar surface area (TPSA) is 65.1 Å². The molecule has 4 aliphatic rings. The molecule has 4 heterocycles. The first-order valence-corrected chi connectivity index (χ1v) is 11.8. The van der Waals surface area contributed by atoms with Crippen LogP contribution in [0, 0.1) is 11.8 Å². The second kappa shape index (κ2) is 8.69. The van der Waals surface area contributed by atoms with E-state index in [1.807, 2.05) is 29.2 Å². The van der Waals surface area contributed by atoms with Crippen LogP contribution in [0.1, 0.15) is 38.5 Å². The molecule has 0 spiro atoms. The monoisotopic (exact) mass is 426 g/mol. The minimum absolute atomic E-state index is 0.0181. The maximum absolute atomic E-state index is 12.7. The predicted octanol–water partition coefficient (Wildman–Crippen LogP) is 3.02. The highest BCUT2D eigenvalue weighted by Crippen LogP contribution is 2.39. The molecular weight excluding hydrogens is 392 g/mol. The lowest BCUT2D eigenvalue weighted by atomic mass is 9.75. The lowest BCUT2D eigenvalue weighted by Gasteiger charge is -2.54. The van der Waals surface area contributed by atoms with E-state index in [-0.39, 0.29) is 6.03 Å². The molecule has 168 valence electrons. The fourth-order valence-electron chi connectivity index (χ4n) is 6.26. The number of carbonyl (C=O) groups is 2. The number of anilines is 1. The van der Waals surface area contributed by atoms with Gasteiger partial charge in [-0.3, -0.25) is 9.69 Å². The normalized spacial score (nSPS) is 29.5. The molecule has 0 aromatic heterocycles. The van der Waals surface area contributed by atoms with Crippen LogP contribution in [0.4, 0.5) is 10.5 Å². The zero-order valence-electron chi connectivity index (χ0n) is 18.5. The molecule has 4 saturated heterocycles. The summed E-state index contributed by atoms with van der Waals surface area (Å²) in [5.41, 5.74) is 0.795. The summed E-state index contributed by atoms with van der Waals surface area (Å²) < 4.78 is 5.17. The summed E-state index contributed by atoms with van der Waals surface area (Å²) in [6.07, 6.45) is 6.33. The third kappa shape index (κ3) is 4.25. The van der Waals surface area contributed by atoms with Gasteiger partial charge in [0.05, 0.1) is 7.11 Å². The van der Waals surface area contributed by atoms with Crippen LogP contribution >= 0.6 is 0 Å². The minimum atomic E-state index is -0.0181. The van der Waals surface area contributed by atoms with Gasteiger partial charge >= 0.3 is 6.03 Å². The smallest absolute Gasteiger partial charge is 0.321 e. The first-order chi connectivity index (χ1) is 15.1. The summed E-state index contributed by atoms with van der Waals surface area (Å²) in [6, 6.07) is 8.46. The number of hydrogen-bond donors (Lipinski definition) is 1. The molecule has 0 unspecified atom stereocenters. The molecule has 0 radical (unpaired) electrons. The molecule has 0 aliphatic carbocycles. The predicted molar refractivity (Wildman–Crippen MR) is 119 cm³/mol. The van der Waals surface area contributed by atoms with E-state index in [1.54, 1.807) is 7.11 Å². The molecular formula is C24H34N4O3. The molecule has 5 rings (SSSR count). The number of likely N-dealkylation sites (tertiary alicyclic amines) is 2. The van der Waals surface area contributed by atoms with Crippen LogP contribution in [0.2, 0.25) is 0 Å². The molecule has 7 nitrogen and oxygen atoms in total. The summed E-state index contributed by atoms with van der Waals surface area (Å²) in [6.45, 7) is 4.78. The summed E-state index contributed by atoms with van der Waals surface area (Å²) >= 11 is 0. The summed E-state index contributed by atoms with van der Waals surface area (Å²) in [7, 11) is 1.64. The molecule has 31 heavy (non-hydrogen) atoms. The Morgan fingerprint density at radius 2 is 1.84 bits per heavy atom. The van der Waals surface area contributed by atoms with E-state index in [2.05, 4.69) is 15.1 Å². The number of methoxy groups -OCH3 is 1. The van der Waals surface area contributed by atoms with Crippen LogP contribution in [0.15, 0.2) is 24.3 Å². The Labute approximate surface area is 184 Å². The van der Waals surface area contributed by atoms with Gasteiger partial charge in [0.1, 0.15) is 5.75 Å². The number of nitrogens with one attached hydrogen (secondary N) is 1. The van der Waals surface area contributed by atoms with Crippen LogP contribution in [-0.2, 0) is 4.79 Å². The van der Waals surface area contributed by atoms with Crippen molar-refractivity contribution in [2.45, 2.75) is 50.6 Å². The zero-order chi connectivity index (χ0) is 21.4. The summed E-state index contributed by atoms with van der Waals surface area (Å²) in [4.78, 5) is 31.9. The van der Waals surface area contributed by atoms with Crippen molar-refractivity contribution < 1.29 is 14.3 Å². The van der Waals surface area contributed by atoms with Gasteiger partial charge in [0.25, 0.3) is 0 Å². The van der Waals surface area contributed by atoms with Crippen LogP contribution in [0.3, 0.4) is 0 Å². The molecule has 4 fully saturated rings. The van der Waals surface area contributed by atoms with E-state index in [4.69, 9.17) is 4.74 Å². The quantitative estimate of drug-likeness (QED) is 0.807. The average molecular weight is 427 g/mol. The second-order valence-electron chi connectivity index (χ2n) is 9.70. The molecule has 7 heteroatoms. The van der Waals surface area contributed by atoms with Crippen LogP contribution in [-0.4, -0.2) is 78.6 Å². The van der Waals surface area contributed by atoms with E-state index >= 15 is 0 Å². The number of carbonyl (C=O) groups excluding carboxylic acids is 2.